The van der Waals surface area contributed by atoms with Crippen molar-refractivity contribution in [2.45, 2.75) is 45.4 Å². The number of carbonyl (C=O) groups excluding carboxylic acids is 1. The summed E-state index contributed by atoms with van der Waals surface area (Å²) < 4.78 is 19.6. The van der Waals surface area contributed by atoms with Crippen molar-refractivity contribution in [1.29, 1.82) is 0 Å². The van der Waals surface area contributed by atoms with Gasteiger partial charge >= 0.3 is 5.97 Å². The maximum Gasteiger partial charge on any atom is 0.305 e. The average Bonchev–Trinajstić information content (AvgIpc) is 2.11. The molecule has 0 aliphatic heterocycles. The van der Waals surface area contributed by atoms with Crippen molar-refractivity contribution in [3.63, 3.8) is 0 Å². The molecular formula is C9H18O2. The zero-order chi connectivity index (χ0) is 10.3. The Hall–Kier alpha value is -0.530. The molecule has 0 saturated heterocycles. The molecule has 0 N–H and O–H groups in total. The van der Waals surface area contributed by atoms with E-state index in [0.717, 1.165) is 12.8 Å². The van der Waals surface area contributed by atoms with Gasteiger partial charge in [0.25, 0.3) is 0 Å². The lowest BCUT2D eigenvalue weighted by atomic mass is 10.1. The Morgan fingerprint density at radius 1 is 1.45 bits per heavy atom. The molecule has 2 nitrogen and oxygen atoms in total. The molecule has 0 aromatic rings. The van der Waals surface area contributed by atoms with Gasteiger partial charge in [0.1, 0.15) is 0 Å². The van der Waals surface area contributed by atoms with E-state index in [-0.39, 0.29) is 18.8 Å². The number of ether oxygens (including phenoxy) is 1. The van der Waals surface area contributed by atoms with E-state index in [4.69, 9.17) is 2.74 Å². The maximum atomic E-state index is 10.7. The first-order valence-electron chi connectivity index (χ1n) is 5.08. The fraction of sp³-hybridized carbons (Fsp3) is 0.889. The molecule has 0 aromatic carbocycles. The highest BCUT2D eigenvalue weighted by Crippen LogP contribution is 2.04. The Labute approximate surface area is 71.7 Å². The van der Waals surface area contributed by atoms with Crippen LogP contribution in [-0.4, -0.2) is 13.1 Å². The summed E-state index contributed by atoms with van der Waals surface area (Å²) in [6.45, 7) is 2.02. The third-order valence-corrected chi connectivity index (χ3v) is 1.44. The Morgan fingerprint density at radius 2 is 2.18 bits per heavy atom. The fourth-order valence-corrected chi connectivity index (χ4v) is 0.719. The largest absolute Gasteiger partial charge is 0.469 e. The molecule has 2 heteroatoms. The number of esters is 1. The second kappa shape index (κ2) is 7.58. The summed E-state index contributed by atoms with van der Waals surface area (Å²) in [4.78, 5) is 10.7. The van der Waals surface area contributed by atoms with Gasteiger partial charge in [-0.15, -0.1) is 0 Å². The molecule has 0 aliphatic carbocycles. The first kappa shape index (κ1) is 7.14. The third-order valence-electron chi connectivity index (χ3n) is 1.44. The minimum atomic E-state index is -1.22. The summed E-state index contributed by atoms with van der Waals surface area (Å²) in [5.74, 6) is -0.333. The van der Waals surface area contributed by atoms with Crippen molar-refractivity contribution in [3.8, 4) is 0 Å². The molecule has 0 atom stereocenters. The van der Waals surface area contributed by atoms with E-state index in [1.165, 1.54) is 7.11 Å². The number of rotatable bonds is 6. The van der Waals surface area contributed by atoms with E-state index in [0.29, 0.717) is 6.42 Å². The molecule has 0 radical (unpaired) electrons. The molecule has 0 bridgehead atoms. The van der Waals surface area contributed by atoms with Crippen LogP contribution in [0.15, 0.2) is 0 Å². The Balaban J connectivity index is 3.67. The maximum absolute atomic E-state index is 10.7. The summed E-state index contributed by atoms with van der Waals surface area (Å²) in [6.07, 6.45) is 1.60. The van der Waals surface area contributed by atoms with Gasteiger partial charge in [-0.3, -0.25) is 4.79 Å². The summed E-state index contributed by atoms with van der Waals surface area (Å²) in [5.41, 5.74) is 0. The van der Waals surface area contributed by atoms with Crippen molar-refractivity contribution in [2.24, 2.45) is 0 Å². The van der Waals surface area contributed by atoms with E-state index in [1.54, 1.807) is 0 Å². The number of hydrogen-bond acceptors (Lipinski definition) is 2. The van der Waals surface area contributed by atoms with E-state index >= 15 is 0 Å². The van der Waals surface area contributed by atoms with Crippen molar-refractivity contribution < 1.29 is 12.3 Å². The Kier molecular flexibility index (Phi) is 4.92. The Bertz CT molecular complexity index is 158. The molecule has 0 unspecified atom stereocenters. The van der Waals surface area contributed by atoms with Crippen LogP contribution in [0.4, 0.5) is 0 Å². The quantitative estimate of drug-likeness (QED) is 0.558. The highest BCUT2D eigenvalue weighted by molar-refractivity contribution is 5.68. The first-order chi connectivity index (χ1) is 6.02. The highest BCUT2D eigenvalue weighted by Gasteiger charge is 1.97. The van der Waals surface area contributed by atoms with E-state index in [2.05, 4.69) is 4.74 Å². The zero-order valence-corrected chi connectivity index (χ0v) is 7.35. The predicted octanol–water partition coefficient (Wildman–Crippen LogP) is 2.52. The molecule has 0 rings (SSSR count). The van der Waals surface area contributed by atoms with Gasteiger partial charge in [0, 0.05) is 9.16 Å². The SMILES string of the molecule is [2H]C([2H])(CCCC)CCC(=O)OC. The normalized spacial score (nSPS) is 13.6. The summed E-state index contributed by atoms with van der Waals surface area (Å²) in [5, 5.41) is 0. The lowest BCUT2D eigenvalue weighted by Gasteiger charge is -1.98. The minimum Gasteiger partial charge on any atom is -0.469 e. The van der Waals surface area contributed by atoms with Crippen LogP contribution in [0.2, 0.25) is 0 Å². The Morgan fingerprint density at radius 3 is 2.73 bits per heavy atom. The highest BCUT2D eigenvalue weighted by atomic mass is 16.5. The van der Waals surface area contributed by atoms with E-state index in [9.17, 15) is 4.79 Å². The molecular weight excluding hydrogens is 140 g/mol. The van der Waals surface area contributed by atoms with Crippen LogP contribution >= 0.6 is 0 Å². The standard InChI is InChI=1S/C9H18O2/c1-3-4-5-6-7-8-9(10)11-2/h3-8H2,1-2H3/i6D2. The van der Waals surface area contributed by atoms with Crippen LogP contribution in [-0.2, 0) is 9.53 Å². The monoisotopic (exact) mass is 160 g/mol. The van der Waals surface area contributed by atoms with E-state index < -0.39 is 6.37 Å². The number of methoxy groups -OCH3 is 1. The summed E-state index contributed by atoms with van der Waals surface area (Å²) in [7, 11) is 1.32. The lowest BCUT2D eigenvalue weighted by molar-refractivity contribution is -0.140. The zero-order valence-electron chi connectivity index (χ0n) is 9.35. The van der Waals surface area contributed by atoms with Crippen LogP contribution in [0, 0.1) is 0 Å². The van der Waals surface area contributed by atoms with Gasteiger partial charge in [-0.2, -0.15) is 0 Å². The van der Waals surface area contributed by atoms with Crippen LogP contribution in [0.5, 0.6) is 0 Å². The summed E-state index contributed by atoms with van der Waals surface area (Å²) >= 11 is 0. The molecule has 0 spiro atoms. The molecule has 0 aromatic heterocycles. The van der Waals surface area contributed by atoms with Crippen LogP contribution in [0.1, 0.15) is 48.1 Å². The van der Waals surface area contributed by atoms with Gasteiger partial charge < -0.3 is 4.74 Å². The van der Waals surface area contributed by atoms with Gasteiger partial charge in [0.05, 0.1) is 7.11 Å². The molecule has 0 amide bonds. The van der Waals surface area contributed by atoms with Crippen molar-refractivity contribution in [2.75, 3.05) is 7.11 Å². The van der Waals surface area contributed by atoms with Gasteiger partial charge in [-0.25, -0.2) is 0 Å². The fourth-order valence-electron chi connectivity index (χ4n) is 0.719. The summed E-state index contributed by atoms with van der Waals surface area (Å²) in [6, 6.07) is 0. The van der Waals surface area contributed by atoms with Crippen LogP contribution < -0.4 is 0 Å². The average molecular weight is 160 g/mol. The smallest absolute Gasteiger partial charge is 0.305 e. The van der Waals surface area contributed by atoms with Gasteiger partial charge in [0.2, 0.25) is 0 Å². The number of carbonyl (C=O) groups is 1. The van der Waals surface area contributed by atoms with Gasteiger partial charge in [-0.1, -0.05) is 32.6 Å². The molecule has 11 heavy (non-hydrogen) atoms. The molecule has 0 aliphatic rings. The van der Waals surface area contributed by atoms with Crippen molar-refractivity contribution in [3.05, 3.63) is 0 Å². The molecule has 0 heterocycles. The van der Waals surface area contributed by atoms with Crippen molar-refractivity contribution >= 4 is 5.97 Å². The number of unbranched alkanes of at least 4 members (excludes halogenated alkanes) is 1. The third kappa shape index (κ3) is 7.37. The minimum absolute atomic E-state index is 0.174. The second-order valence-corrected chi connectivity index (χ2v) is 2.43. The molecule has 66 valence electrons. The van der Waals surface area contributed by atoms with Crippen LogP contribution in [0.3, 0.4) is 0 Å². The number of hydrogen-bond donors (Lipinski definition) is 0. The molecule has 0 saturated carbocycles. The predicted molar refractivity (Wildman–Crippen MR) is 45.4 cm³/mol. The second-order valence-electron chi connectivity index (χ2n) is 2.43. The lowest BCUT2D eigenvalue weighted by Crippen LogP contribution is -1.98. The van der Waals surface area contributed by atoms with Crippen LogP contribution in [0.25, 0.3) is 0 Å². The first-order valence-corrected chi connectivity index (χ1v) is 4.08. The molecule has 0 fully saturated rings. The van der Waals surface area contributed by atoms with Crippen molar-refractivity contribution in [1.82, 2.24) is 0 Å². The van der Waals surface area contributed by atoms with E-state index in [1.807, 2.05) is 6.92 Å². The van der Waals surface area contributed by atoms with Gasteiger partial charge in [-0.05, 0) is 6.42 Å². The topological polar surface area (TPSA) is 26.3 Å². The van der Waals surface area contributed by atoms with Gasteiger partial charge in [0.15, 0.2) is 0 Å².